The molecule has 0 aliphatic heterocycles. The Labute approximate surface area is 97.3 Å². The molecule has 0 bridgehead atoms. The Morgan fingerprint density at radius 1 is 1.06 bits per heavy atom. The maximum absolute atomic E-state index is 6.24. The minimum Gasteiger partial charge on any atom is -0.324 e. The molecule has 0 amide bonds. The molecular weight excluding hydrogens is 194 g/mol. The Morgan fingerprint density at radius 2 is 1.75 bits per heavy atom. The maximum atomic E-state index is 6.24. The number of hydrogen-bond donors (Lipinski definition) is 1. The average molecular weight is 213 g/mol. The lowest BCUT2D eigenvalue weighted by atomic mass is 9.92. The van der Waals surface area contributed by atoms with Gasteiger partial charge in [0.2, 0.25) is 0 Å². The number of rotatable bonds is 3. The molecule has 0 aliphatic rings. The van der Waals surface area contributed by atoms with Gasteiger partial charge in [-0.25, -0.2) is 0 Å². The van der Waals surface area contributed by atoms with Gasteiger partial charge in [-0.3, -0.25) is 0 Å². The van der Waals surface area contributed by atoms with Gasteiger partial charge < -0.3 is 5.73 Å². The summed E-state index contributed by atoms with van der Waals surface area (Å²) >= 11 is 0. The molecule has 84 valence electrons. The lowest BCUT2D eigenvalue weighted by molar-refractivity contribution is 0.457. The second kappa shape index (κ2) is 4.67. The van der Waals surface area contributed by atoms with Gasteiger partial charge in [0.25, 0.3) is 0 Å². The van der Waals surface area contributed by atoms with E-state index in [9.17, 15) is 0 Å². The first kappa shape index (κ1) is 11.2. The van der Waals surface area contributed by atoms with Crippen molar-refractivity contribution in [2.75, 3.05) is 0 Å². The van der Waals surface area contributed by atoms with E-state index in [4.69, 9.17) is 5.73 Å². The molecule has 2 aromatic rings. The Morgan fingerprint density at radius 3 is 2.44 bits per heavy atom. The number of benzene rings is 2. The fourth-order valence-electron chi connectivity index (χ4n) is 2.00. The highest BCUT2D eigenvalue weighted by molar-refractivity contribution is 5.83. The van der Waals surface area contributed by atoms with E-state index in [2.05, 4.69) is 56.3 Å². The van der Waals surface area contributed by atoms with Crippen LogP contribution < -0.4 is 5.73 Å². The molecule has 0 heterocycles. The first-order valence-corrected chi connectivity index (χ1v) is 5.96. The van der Waals surface area contributed by atoms with Gasteiger partial charge in [0.1, 0.15) is 0 Å². The molecule has 0 saturated heterocycles. The summed E-state index contributed by atoms with van der Waals surface area (Å²) in [5.41, 5.74) is 7.48. The number of fused-ring (bicyclic) bond motifs is 1. The maximum Gasteiger partial charge on any atom is 0.0320 e. The molecule has 0 aromatic heterocycles. The van der Waals surface area contributed by atoms with Crippen molar-refractivity contribution < 1.29 is 0 Å². The van der Waals surface area contributed by atoms with Crippen LogP contribution in [0.25, 0.3) is 10.8 Å². The molecule has 1 heteroatoms. The fraction of sp³-hybridized carbons (Fsp3) is 0.333. The lowest BCUT2D eigenvalue weighted by Crippen LogP contribution is -2.18. The molecule has 16 heavy (non-hydrogen) atoms. The van der Waals surface area contributed by atoms with E-state index in [0.29, 0.717) is 5.92 Å². The second-order valence-electron chi connectivity index (χ2n) is 4.52. The third kappa shape index (κ3) is 2.10. The monoisotopic (exact) mass is 213 g/mol. The third-order valence-electron chi connectivity index (χ3n) is 3.42. The highest BCUT2D eigenvalue weighted by Gasteiger charge is 2.12. The van der Waals surface area contributed by atoms with Crippen LogP contribution in [0.5, 0.6) is 0 Å². The van der Waals surface area contributed by atoms with Gasteiger partial charge in [-0.2, -0.15) is 0 Å². The highest BCUT2D eigenvalue weighted by Crippen LogP contribution is 2.25. The average Bonchev–Trinajstić information content (AvgIpc) is 2.36. The molecule has 1 unspecified atom stereocenters. The number of nitrogens with two attached hydrogens (primary N) is 1. The van der Waals surface area contributed by atoms with Gasteiger partial charge in [-0.15, -0.1) is 0 Å². The Kier molecular flexibility index (Phi) is 3.25. The first-order chi connectivity index (χ1) is 7.72. The molecule has 2 aromatic carbocycles. The van der Waals surface area contributed by atoms with Crippen molar-refractivity contribution in [1.82, 2.24) is 0 Å². The second-order valence-corrected chi connectivity index (χ2v) is 4.52. The van der Waals surface area contributed by atoms with Crippen LogP contribution >= 0.6 is 0 Å². The summed E-state index contributed by atoms with van der Waals surface area (Å²) in [5, 5.41) is 2.56. The SMILES string of the molecule is CCC(C)[C@@H](N)c1ccc2ccccc2c1. The van der Waals surface area contributed by atoms with Crippen molar-refractivity contribution in [3.8, 4) is 0 Å². The zero-order valence-electron chi connectivity index (χ0n) is 9.98. The quantitative estimate of drug-likeness (QED) is 0.822. The van der Waals surface area contributed by atoms with Crippen LogP contribution in [0.2, 0.25) is 0 Å². The fourth-order valence-corrected chi connectivity index (χ4v) is 2.00. The molecule has 0 radical (unpaired) electrons. The largest absolute Gasteiger partial charge is 0.324 e. The van der Waals surface area contributed by atoms with Crippen LogP contribution in [0.4, 0.5) is 0 Å². The van der Waals surface area contributed by atoms with Gasteiger partial charge in [0, 0.05) is 6.04 Å². The van der Waals surface area contributed by atoms with E-state index in [1.165, 1.54) is 16.3 Å². The molecule has 2 rings (SSSR count). The van der Waals surface area contributed by atoms with Crippen molar-refractivity contribution in [2.24, 2.45) is 11.7 Å². The predicted octanol–water partition coefficient (Wildman–Crippen LogP) is 3.89. The molecular formula is C15H19N. The molecule has 0 saturated carbocycles. The van der Waals surface area contributed by atoms with Gasteiger partial charge in [0.05, 0.1) is 0 Å². The molecule has 1 nitrogen and oxygen atoms in total. The Hall–Kier alpha value is -1.34. The number of hydrogen-bond acceptors (Lipinski definition) is 1. The summed E-state index contributed by atoms with van der Waals surface area (Å²) in [6, 6.07) is 15.1. The topological polar surface area (TPSA) is 26.0 Å². The predicted molar refractivity (Wildman–Crippen MR) is 70.3 cm³/mol. The van der Waals surface area contributed by atoms with Crippen LogP contribution in [0.15, 0.2) is 42.5 Å². The minimum absolute atomic E-state index is 0.148. The third-order valence-corrected chi connectivity index (χ3v) is 3.42. The van der Waals surface area contributed by atoms with Gasteiger partial charge >= 0.3 is 0 Å². The smallest absolute Gasteiger partial charge is 0.0320 e. The van der Waals surface area contributed by atoms with Crippen molar-refractivity contribution in [3.63, 3.8) is 0 Å². The van der Waals surface area contributed by atoms with Crippen LogP contribution in [-0.4, -0.2) is 0 Å². The van der Waals surface area contributed by atoms with Crippen molar-refractivity contribution in [2.45, 2.75) is 26.3 Å². The summed E-state index contributed by atoms with van der Waals surface area (Å²) in [7, 11) is 0. The molecule has 0 aliphatic carbocycles. The Balaban J connectivity index is 2.39. The first-order valence-electron chi connectivity index (χ1n) is 5.96. The van der Waals surface area contributed by atoms with Gasteiger partial charge in [-0.05, 0) is 28.3 Å². The van der Waals surface area contributed by atoms with Crippen LogP contribution in [0.3, 0.4) is 0 Å². The van der Waals surface area contributed by atoms with Crippen LogP contribution in [0.1, 0.15) is 31.9 Å². The van der Waals surface area contributed by atoms with E-state index in [1.807, 2.05) is 0 Å². The van der Waals surface area contributed by atoms with E-state index in [-0.39, 0.29) is 6.04 Å². The van der Waals surface area contributed by atoms with Gasteiger partial charge in [0.15, 0.2) is 0 Å². The molecule has 0 fully saturated rings. The van der Waals surface area contributed by atoms with Gasteiger partial charge in [-0.1, -0.05) is 56.7 Å². The Bertz CT molecular complexity index is 476. The summed E-state index contributed by atoms with van der Waals surface area (Å²) in [6.07, 6.45) is 1.12. The molecule has 2 N–H and O–H groups in total. The normalized spacial score (nSPS) is 14.9. The molecule has 0 spiro atoms. The highest BCUT2D eigenvalue weighted by atomic mass is 14.6. The standard InChI is InChI=1S/C15H19N/c1-3-11(2)15(16)14-9-8-12-6-4-5-7-13(12)10-14/h4-11,15H,3,16H2,1-2H3/t11?,15-/m1/s1. The summed E-state index contributed by atoms with van der Waals surface area (Å²) in [4.78, 5) is 0. The minimum atomic E-state index is 0.148. The van der Waals surface area contributed by atoms with Crippen molar-refractivity contribution in [3.05, 3.63) is 48.0 Å². The van der Waals surface area contributed by atoms with E-state index in [1.54, 1.807) is 0 Å². The zero-order valence-corrected chi connectivity index (χ0v) is 9.98. The van der Waals surface area contributed by atoms with Crippen LogP contribution in [-0.2, 0) is 0 Å². The summed E-state index contributed by atoms with van der Waals surface area (Å²) in [6.45, 7) is 4.39. The van der Waals surface area contributed by atoms with Crippen LogP contribution in [0, 0.1) is 5.92 Å². The van der Waals surface area contributed by atoms with E-state index >= 15 is 0 Å². The molecule has 2 atom stereocenters. The zero-order chi connectivity index (χ0) is 11.5. The summed E-state index contributed by atoms with van der Waals surface area (Å²) in [5.74, 6) is 0.529. The van der Waals surface area contributed by atoms with Crippen molar-refractivity contribution >= 4 is 10.8 Å². The van der Waals surface area contributed by atoms with E-state index in [0.717, 1.165) is 6.42 Å². The van der Waals surface area contributed by atoms with Crippen molar-refractivity contribution in [1.29, 1.82) is 0 Å². The lowest BCUT2D eigenvalue weighted by Gasteiger charge is -2.19. The van der Waals surface area contributed by atoms with E-state index < -0.39 is 0 Å². The summed E-state index contributed by atoms with van der Waals surface area (Å²) < 4.78 is 0.